The largest absolute Gasteiger partial charge is 0.400 e. The van der Waals surface area contributed by atoms with Crippen LogP contribution < -0.4 is 4.90 Å². The molecule has 1 N–H and O–H groups in total. The molecular weight excluding hydrogens is 397 g/mol. The van der Waals surface area contributed by atoms with Crippen molar-refractivity contribution in [3.8, 4) is 0 Å². The Morgan fingerprint density at radius 2 is 1.73 bits per heavy atom. The van der Waals surface area contributed by atoms with Gasteiger partial charge in [-0.3, -0.25) is 4.98 Å². The highest BCUT2D eigenvalue weighted by Gasteiger charge is 2.20. The summed E-state index contributed by atoms with van der Waals surface area (Å²) < 4.78 is 46.4. The van der Waals surface area contributed by atoms with Crippen LogP contribution in [0.2, 0.25) is 0 Å². The Balaban J connectivity index is 0.000000757. The molecule has 1 fully saturated rings. The predicted molar refractivity (Wildman–Crippen MR) is 109 cm³/mol. The molecule has 5 nitrogen and oxygen atoms in total. The molecule has 0 spiro atoms. The molecule has 0 aliphatic carbocycles. The van der Waals surface area contributed by atoms with Gasteiger partial charge in [-0.1, -0.05) is 18.2 Å². The quantitative estimate of drug-likeness (QED) is 0.703. The van der Waals surface area contributed by atoms with E-state index in [2.05, 4.69) is 9.88 Å². The first-order valence-electron chi connectivity index (χ1n) is 9.20. The molecule has 1 aromatic heterocycles. The van der Waals surface area contributed by atoms with E-state index in [1.165, 1.54) is 12.1 Å². The molecule has 2 aromatic carbocycles. The molecule has 30 heavy (non-hydrogen) atoms. The van der Waals surface area contributed by atoms with Gasteiger partial charge in [0.25, 0.3) is 0 Å². The summed E-state index contributed by atoms with van der Waals surface area (Å²) in [6.07, 6.45) is 2.00. The Labute approximate surface area is 172 Å². The van der Waals surface area contributed by atoms with Crippen LogP contribution in [0, 0.1) is 17.5 Å². The minimum Gasteiger partial charge on any atom is -0.400 e. The topological polar surface area (TPSA) is 62.7 Å². The van der Waals surface area contributed by atoms with Crippen LogP contribution in [0.1, 0.15) is 11.1 Å². The Morgan fingerprint density at radius 3 is 2.40 bits per heavy atom. The number of rotatable bonds is 3. The minimum absolute atomic E-state index is 0.308. The normalized spacial score (nSPS) is 13.2. The third-order valence-electron chi connectivity index (χ3n) is 4.60. The van der Waals surface area contributed by atoms with Crippen molar-refractivity contribution >= 4 is 23.4 Å². The van der Waals surface area contributed by atoms with E-state index < -0.39 is 11.6 Å². The Bertz CT molecular complexity index is 979. The SMILES string of the molecule is C=O.CO.Fc1ccc(Cc2cnc3c(F)cccc3c2N2CCOCC2)cc1F. The van der Waals surface area contributed by atoms with E-state index in [-0.39, 0.29) is 5.82 Å². The average molecular weight is 420 g/mol. The lowest BCUT2D eigenvalue weighted by molar-refractivity contribution is -0.0980. The minimum atomic E-state index is -0.879. The number of benzene rings is 2. The van der Waals surface area contributed by atoms with Crippen molar-refractivity contribution in [2.45, 2.75) is 6.42 Å². The van der Waals surface area contributed by atoms with E-state index in [4.69, 9.17) is 14.6 Å². The molecule has 1 saturated heterocycles. The zero-order chi connectivity index (χ0) is 22.1. The van der Waals surface area contributed by atoms with Gasteiger partial charge in [-0.25, -0.2) is 13.2 Å². The monoisotopic (exact) mass is 420 g/mol. The number of morpholine rings is 1. The summed E-state index contributed by atoms with van der Waals surface area (Å²) in [4.78, 5) is 14.4. The number of fused-ring (bicyclic) bond motifs is 1. The highest BCUT2D eigenvalue weighted by Crippen LogP contribution is 2.33. The van der Waals surface area contributed by atoms with Gasteiger partial charge >= 0.3 is 0 Å². The lowest BCUT2D eigenvalue weighted by Gasteiger charge is -2.31. The van der Waals surface area contributed by atoms with Gasteiger partial charge in [-0.2, -0.15) is 0 Å². The molecule has 1 aliphatic heterocycles. The second-order valence-electron chi connectivity index (χ2n) is 6.29. The average Bonchev–Trinajstić information content (AvgIpc) is 2.80. The maximum absolute atomic E-state index is 14.2. The van der Waals surface area contributed by atoms with Gasteiger partial charge in [0.15, 0.2) is 11.6 Å². The van der Waals surface area contributed by atoms with Gasteiger partial charge in [-0.05, 0) is 29.3 Å². The highest BCUT2D eigenvalue weighted by atomic mass is 19.2. The van der Waals surface area contributed by atoms with Gasteiger partial charge in [0.1, 0.15) is 18.1 Å². The van der Waals surface area contributed by atoms with Crippen LogP contribution >= 0.6 is 0 Å². The van der Waals surface area contributed by atoms with Crippen molar-refractivity contribution in [2.24, 2.45) is 0 Å². The molecule has 2 heterocycles. The third-order valence-corrected chi connectivity index (χ3v) is 4.60. The molecule has 160 valence electrons. The predicted octanol–water partition coefficient (Wildman–Crippen LogP) is 3.50. The van der Waals surface area contributed by atoms with Crippen molar-refractivity contribution in [3.63, 3.8) is 0 Å². The van der Waals surface area contributed by atoms with E-state index in [0.29, 0.717) is 49.2 Å². The smallest absolute Gasteiger partial charge is 0.159 e. The first-order valence-corrected chi connectivity index (χ1v) is 9.20. The standard InChI is InChI=1S/C20H17F3N2O.CH4O.CH2O/c21-16-5-4-13(11-18(16)23)10-14-12-24-19-15(2-1-3-17(19)22)20(14)25-6-8-26-9-7-25;2*1-2/h1-5,11-12H,6-10H2;2H,1H3;1H2. The fraction of sp³-hybridized carbons (Fsp3) is 0.273. The van der Waals surface area contributed by atoms with E-state index in [1.54, 1.807) is 18.3 Å². The first kappa shape index (κ1) is 23.3. The van der Waals surface area contributed by atoms with E-state index >= 15 is 0 Å². The van der Waals surface area contributed by atoms with E-state index in [0.717, 1.165) is 24.4 Å². The number of halogens is 3. The second kappa shape index (κ2) is 11.3. The number of ether oxygens (including phenoxy) is 1. The summed E-state index contributed by atoms with van der Waals surface area (Å²) >= 11 is 0. The summed E-state index contributed by atoms with van der Waals surface area (Å²) in [5.41, 5.74) is 2.66. The molecule has 0 atom stereocenters. The van der Waals surface area contributed by atoms with E-state index in [9.17, 15) is 13.2 Å². The lowest BCUT2D eigenvalue weighted by Crippen LogP contribution is -2.37. The van der Waals surface area contributed by atoms with Crippen LogP contribution in [-0.4, -0.2) is 50.3 Å². The highest BCUT2D eigenvalue weighted by molar-refractivity contribution is 5.93. The molecule has 0 saturated carbocycles. The van der Waals surface area contributed by atoms with Crippen LogP contribution in [0.3, 0.4) is 0 Å². The Morgan fingerprint density at radius 1 is 1.03 bits per heavy atom. The van der Waals surface area contributed by atoms with Crippen molar-refractivity contribution in [1.82, 2.24) is 4.98 Å². The van der Waals surface area contributed by atoms with Gasteiger partial charge in [0.05, 0.1) is 18.9 Å². The molecule has 0 amide bonds. The molecule has 0 bridgehead atoms. The molecule has 0 radical (unpaired) electrons. The van der Waals surface area contributed by atoms with Crippen molar-refractivity contribution < 1.29 is 27.8 Å². The number of carbonyl (C=O) groups excluding carboxylic acids is 1. The fourth-order valence-corrected chi connectivity index (χ4v) is 3.37. The zero-order valence-corrected chi connectivity index (χ0v) is 16.6. The number of carbonyl (C=O) groups is 1. The van der Waals surface area contributed by atoms with Crippen LogP contribution in [0.15, 0.2) is 42.6 Å². The number of aliphatic hydroxyl groups excluding tert-OH is 1. The number of para-hydroxylation sites is 1. The number of aromatic nitrogens is 1. The number of pyridine rings is 1. The van der Waals surface area contributed by atoms with E-state index in [1.807, 2.05) is 12.9 Å². The van der Waals surface area contributed by atoms with Crippen LogP contribution in [0.4, 0.5) is 18.9 Å². The fourth-order valence-electron chi connectivity index (χ4n) is 3.37. The number of nitrogens with zero attached hydrogens (tertiary/aromatic N) is 2. The van der Waals surface area contributed by atoms with Gasteiger partial charge in [-0.15, -0.1) is 0 Å². The van der Waals surface area contributed by atoms with Gasteiger partial charge in [0.2, 0.25) is 0 Å². The summed E-state index contributed by atoms with van der Waals surface area (Å²) in [5.74, 6) is -2.13. The van der Waals surface area contributed by atoms with Crippen molar-refractivity contribution in [2.75, 3.05) is 38.3 Å². The number of aliphatic hydroxyl groups is 1. The molecule has 8 heteroatoms. The lowest BCUT2D eigenvalue weighted by atomic mass is 10.0. The Hall–Kier alpha value is -2.97. The van der Waals surface area contributed by atoms with Crippen LogP contribution in [0.5, 0.6) is 0 Å². The summed E-state index contributed by atoms with van der Waals surface area (Å²) in [6, 6.07) is 8.74. The molecule has 1 aliphatic rings. The number of hydrogen-bond acceptors (Lipinski definition) is 5. The first-order chi connectivity index (χ1) is 14.6. The zero-order valence-electron chi connectivity index (χ0n) is 16.6. The summed E-state index contributed by atoms with van der Waals surface area (Å²) in [6.45, 7) is 4.54. The number of anilines is 1. The third kappa shape index (κ3) is 5.14. The Kier molecular flexibility index (Phi) is 8.76. The summed E-state index contributed by atoms with van der Waals surface area (Å²) in [7, 11) is 1.00. The molecule has 3 aromatic rings. The molecular formula is C22H23F3N2O3. The molecule has 4 rings (SSSR count). The molecule has 0 unspecified atom stereocenters. The maximum atomic E-state index is 14.2. The van der Waals surface area contributed by atoms with Gasteiger partial charge < -0.3 is 19.5 Å². The van der Waals surface area contributed by atoms with Crippen LogP contribution in [-0.2, 0) is 16.0 Å². The van der Waals surface area contributed by atoms with Crippen molar-refractivity contribution in [3.05, 3.63) is 71.2 Å². The maximum Gasteiger partial charge on any atom is 0.159 e. The summed E-state index contributed by atoms with van der Waals surface area (Å²) in [5, 5.41) is 7.71. The van der Waals surface area contributed by atoms with Crippen LogP contribution in [0.25, 0.3) is 10.9 Å². The van der Waals surface area contributed by atoms with Gasteiger partial charge in [0, 0.05) is 38.2 Å². The number of hydrogen-bond donors (Lipinski definition) is 1. The second-order valence-corrected chi connectivity index (χ2v) is 6.29. The van der Waals surface area contributed by atoms with Crippen molar-refractivity contribution in [1.29, 1.82) is 0 Å².